The number of carbonyl (C=O) groups excluding carboxylic acids is 3. The number of hydrogen-bond acceptors (Lipinski definition) is 4. The van der Waals surface area contributed by atoms with Gasteiger partial charge in [0.05, 0.1) is 6.54 Å². The van der Waals surface area contributed by atoms with E-state index in [4.69, 9.17) is 0 Å². The molecule has 1 fully saturated rings. The third-order valence-electron chi connectivity index (χ3n) is 2.71. The average molecular weight is 256 g/mol. The van der Waals surface area contributed by atoms with Crippen molar-refractivity contribution in [2.24, 2.45) is 0 Å². The second-order valence-electron chi connectivity index (χ2n) is 4.11. The molecular weight excluding hydrogens is 236 g/mol. The van der Waals surface area contributed by atoms with Crippen LogP contribution in [0.15, 0.2) is 0 Å². The monoisotopic (exact) mass is 256 g/mol. The maximum Gasteiger partial charge on any atom is 0.244 e. The smallest absolute Gasteiger partial charge is 0.244 e. The number of likely N-dealkylation sites (N-methyl/N-ethyl adjacent to an activating group) is 1. The zero-order chi connectivity index (χ0) is 13.5. The van der Waals surface area contributed by atoms with E-state index in [0.717, 1.165) is 0 Å². The molecule has 18 heavy (non-hydrogen) atoms. The topological polar surface area (TPSA) is 90.5 Å². The van der Waals surface area contributed by atoms with Crippen molar-refractivity contribution in [3.63, 3.8) is 0 Å². The number of nitrogens with one attached hydrogen (secondary N) is 3. The van der Waals surface area contributed by atoms with Gasteiger partial charge in [0.15, 0.2) is 0 Å². The summed E-state index contributed by atoms with van der Waals surface area (Å²) in [6.07, 6.45) is 0. The molecule has 1 aliphatic heterocycles. The van der Waals surface area contributed by atoms with Crippen molar-refractivity contribution >= 4 is 17.7 Å². The van der Waals surface area contributed by atoms with Crippen LogP contribution < -0.4 is 16.0 Å². The Labute approximate surface area is 106 Å². The molecule has 3 N–H and O–H groups in total. The Balaban J connectivity index is 2.60. The molecule has 1 rings (SSSR count). The summed E-state index contributed by atoms with van der Waals surface area (Å²) in [4.78, 5) is 36.0. The summed E-state index contributed by atoms with van der Waals surface area (Å²) >= 11 is 0. The third kappa shape index (κ3) is 3.99. The van der Waals surface area contributed by atoms with Crippen molar-refractivity contribution in [3.8, 4) is 0 Å². The van der Waals surface area contributed by atoms with E-state index in [1.807, 2.05) is 6.92 Å². The first-order valence-corrected chi connectivity index (χ1v) is 6.08. The fraction of sp³-hybridized carbons (Fsp3) is 0.727. The van der Waals surface area contributed by atoms with E-state index < -0.39 is 6.04 Å². The van der Waals surface area contributed by atoms with Gasteiger partial charge in [-0.2, -0.15) is 0 Å². The van der Waals surface area contributed by atoms with Crippen LogP contribution in [0.1, 0.15) is 13.8 Å². The van der Waals surface area contributed by atoms with Gasteiger partial charge >= 0.3 is 0 Å². The van der Waals surface area contributed by atoms with Gasteiger partial charge in [0, 0.05) is 33.1 Å². The fourth-order valence-electron chi connectivity index (χ4n) is 1.83. The van der Waals surface area contributed by atoms with E-state index in [1.165, 1.54) is 11.8 Å². The highest BCUT2D eigenvalue weighted by atomic mass is 16.2. The van der Waals surface area contributed by atoms with E-state index >= 15 is 0 Å². The summed E-state index contributed by atoms with van der Waals surface area (Å²) in [5.41, 5.74) is 0. The van der Waals surface area contributed by atoms with Crippen molar-refractivity contribution < 1.29 is 14.4 Å². The van der Waals surface area contributed by atoms with Crippen LogP contribution >= 0.6 is 0 Å². The van der Waals surface area contributed by atoms with E-state index in [1.54, 1.807) is 0 Å². The molecule has 1 heterocycles. The number of amides is 3. The van der Waals surface area contributed by atoms with Crippen molar-refractivity contribution in [1.29, 1.82) is 0 Å². The van der Waals surface area contributed by atoms with Gasteiger partial charge in [-0.05, 0) is 6.92 Å². The Bertz CT molecular complexity index is 332. The summed E-state index contributed by atoms with van der Waals surface area (Å²) in [7, 11) is 0. The lowest BCUT2D eigenvalue weighted by Crippen LogP contribution is -2.60. The molecule has 1 atom stereocenters. The summed E-state index contributed by atoms with van der Waals surface area (Å²) in [5, 5.41) is 8.24. The first kappa shape index (κ1) is 14.4. The minimum Gasteiger partial charge on any atom is -0.355 e. The lowest BCUT2D eigenvalue weighted by molar-refractivity contribution is -0.141. The van der Waals surface area contributed by atoms with Gasteiger partial charge in [-0.1, -0.05) is 0 Å². The van der Waals surface area contributed by atoms with E-state index in [0.29, 0.717) is 26.2 Å². The first-order valence-electron chi connectivity index (χ1n) is 6.08. The molecule has 3 amide bonds. The lowest BCUT2D eigenvalue weighted by Gasteiger charge is -2.35. The minimum absolute atomic E-state index is 0.0642. The SMILES string of the molecule is CCNC(=O)C1CNCCN1C(=O)CNC(C)=O. The molecule has 1 saturated heterocycles. The molecule has 0 radical (unpaired) electrons. The standard InChI is InChI=1S/C11H20N4O3/c1-3-13-11(18)9-6-12-4-5-15(9)10(17)7-14-8(2)16/h9,12H,3-7H2,1-2H3,(H,13,18)(H,14,16). The molecule has 1 aliphatic rings. The number of carbonyl (C=O) groups is 3. The Morgan fingerprint density at radius 1 is 1.33 bits per heavy atom. The third-order valence-corrected chi connectivity index (χ3v) is 2.71. The van der Waals surface area contributed by atoms with Crippen LogP contribution in [0.2, 0.25) is 0 Å². The van der Waals surface area contributed by atoms with Gasteiger partial charge < -0.3 is 20.9 Å². The van der Waals surface area contributed by atoms with Crippen LogP contribution in [0, 0.1) is 0 Å². The molecular formula is C11H20N4O3. The van der Waals surface area contributed by atoms with E-state index in [9.17, 15) is 14.4 Å². The quantitative estimate of drug-likeness (QED) is 0.546. The first-order chi connectivity index (χ1) is 8.56. The van der Waals surface area contributed by atoms with Crippen molar-refractivity contribution in [2.75, 3.05) is 32.7 Å². The highest BCUT2D eigenvalue weighted by molar-refractivity contribution is 5.90. The van der Waals surface area contributed by atoms with Crippen molar-refractivity contribution in [2.45, 2.75) is 19.9 Å². The van der Waals surface area contributed by atoms with Gasteiger partial charge in [-0.25, -0.2) is 0 Å². The zero-order valence-corrected chi connectivity index (χ0v) is 10.8. The van der Waals surface area contributed by atoms with Crippen LogP contribution in [0.5, 0.6) is 0 Å². The number of rotatable bonds is 4. The summed E-state index contributed by atoms with van der Waals surface area (Å²) in [5.74, 6) is -0.656. The Kier molecular flexibility index (Phi) is 5.57. The fourth-order valence-corrected chi connectivity index (χ4v) is 1.83. The average Bonchev–Trinajstić information content (AvgIpc) is 2.36. The molecule has 0 aromatic heterocycles. The molecule has 7 nitrogen and oxygen atoms in total. The number of nitrogens with zero attached hydrogens (tertiary/aromatic N) is 1. The van der Waals surface area contributed by atoms with Crippen LogP contribution in [-0.2, 0) is 14.4 Å². The summed E-state index contributed by atoms with van der Waals surface area (Å²) < 4.78 is 0. The Morgan fingerprint density at radius 2 is 2.06 bits per heavy atom. The van der Waals surface area contributed by atoms with Gasteiger partial charge in [0.25, 0.3) is 0 Å². The van der Waals surface area contributed by atoms with E-state index in [-0.39, 0.29) is 24.3 Å². The van der Waals surface area contributed by atoms with Gasteiger partial charge in [0.2, 0.25) is 17.7 Å². The predicted molar refractivity (Wildman–Crippen MR) is 65.7 cm³/mol. The van der Waals surface area contributed by atoms with Crippen LogP contribution in [0.25, 0.3) is 0 Å². The molecule has 1 unspecified atom stereocenters. The largest absolute Gasteiger partial charge is 0.355 e. The number of hydrogen-bond donors (Lipinski definition) is 3. The predicted octanol–water partition coefficient (Wildman–Crippen LogP) is -1.94. The second-order valence-corrected chi connectivity index (χ2v) is 4.11. The second kappa shape index (κ2) is 6.95. The number of piperazine rings is 1. The van der Waals surface area contributed by atoms with Crippen molar-refractivity contribution in [1.82, 2.24) is 20.9 Å². The molecule has 0 aliphatic carbocycles. The van der Waals surface area contributed by atoms with Crippen LogP contribution in [0.4, 0.5) is 0 Å². The molecule has 0 bridgehead atoms. The maximum absolute atomic E-state index is 11.9. The molecule has 0 spiro atoms. The molecule has 102 valence electrons. The molecule has 0 aromatic carbocycles. The lowest BCUT2D eigenvalue weighted by atomic mass is 10.1. The van der Waals surface area contributed by atoms with Gasteiger partial charge in [-0.15, -0.1) is 0 Å². The molecule has 0 saturated carbocycles. The summed E-state index contributed by atoms with van der Waals surface area (Å²) in [6.45, 7) is 5.22. The minimum atomic E-state index is -0.500. The molecule has 7 heteroatoms. The Morgan fingerprint density at radius 3 is 2.67 bits per heavy atom. The molecule has 0 aromatic rings. The maximum atomic E-state index is 11.9. The highest BCUT2D eigenvalue weighted by Gasteiger charge is 2.31. The van der Waals surface area contributed by atoms with Crippen LogP contribution in [0.3, 0.4) is 0 Å². The van der Waals surface area contributed by atoms with Gasteiger partial charge in [-0.3, -0.25) is 14.4 Å². The van der Waals surface area contributed by atoms with Gasteiger partial charge in [0.1, 0.15) is 6.04 Å². The Hall–Kier alpha value is -1.63. The van der Waals surface area contributed by atoms with Crippen LogP contribution in [-0.4, -0.2) is 61.4 Å². The highest BCUT2D eigenvalue weighted by Crippen LogP contribution is 2.04. The van der Waals surface area contributed by atoms with Crippen molar-refractivity contribution in [3.05, 3.63) is 0 Å². The zero-order valence-electron chi connectivity index (χ0n) is 10.8. The summed E-state index contributed by atoms with van der Waals surface area (Å²) in [6, 6.07) is -0.500. The normalized spacial score (nSPS) is 19.2. The van der Waals surface area contributed by atoms with E-state index in [2.05, 4.69) is 16.0 Å².